The Morgan fingerprint density at radius 3 is 2.75 bits per heavy atom. The van der Waals surface area contributed by atoms with Crippen molar-refractivity contribution < 1.29 is 19.2 Å². The molecule has 7 heteroatoms. The summed E-state index contributed by atoms with van der Waals surface area (Å²) in [6.45, 7) is 1.76. The van der Waals surface area contributed by atoms with Crippen LogP contribution in [0.5, 0.6) is 0 Å². The number of furan rings is 1. The van der Waals surface area contributed by atoms with E-state index in [4.69, 9.17) is 9.52 Å². The first-order chi connectivity index (χ1) is 9.49. The van der Waals surface area contributed by atoms with Crippen LogP contribution in [-0.2, 0) is 0 Å². The number of hydrogen-bond acceptors (Lipinski definition) is 5. The van der Waals surface area contributed by atoms with E-state index in [1.165, 1.54) is 24.5 Å². The van der Waals surface area contributed by atoms with Gasteiger partial charge in [0.25, 0.3) is 5.69 Å². The van der Waals surface area contributed by atoms with Crippen LogP contribution in [0.3, 0.4) is 0 Å². The molecule has 7 nitrogen and oxygen atoms in total. The van der Waals surface area contributed by atoms with Crippen LogP contribution in [0, 0.1) is 10.1 Å². The number of carboxylic acids is 1. The average Bonchev–Trinajstić information content (AvgIpc) is 2.92. The number of hydrogen-bond donors (Lipinski definition) is 2. The van der Waals surface area contributed by atoms with Gasteiger partial charge in [-0.3, -0.25) is 10.1 Å². The Hall–Kier alpha value is -2.83. The fraction of sp³-hybridized carbons (Fsp3) is 0.154. The van der Waals surface area contributed by atoms with E-state index in [1.54, 1.807) is 19.1 Å². The minimum atomic E-state index is -1.14. The molecule has 1 atom stereocenters. The fourth-order valence-corrected chi connectivity index (χ4v) is 1.79. The van der Waals surface area contributed by atoms with E-state index in [0.717, 1.165) is 0 Å². The zero-order chi connectivity index (χ0) is 14.7. The number of nitrogens with zero attached hydrogens (tertiary/aromatic N) is 1. The zero-order valence-electron chi connectivity index (χ0n) is 10.6. The van der Waals surface area contributed by atoms with Gasteiger partial charge in [-0.15, -0.1) is 0 Å². The standard InChI is InChI=1S/C13H12N2O5/c1-8(12-3-2-6-20-12)14-10-7-9(13(16)17)4-5-11(10)15(18)19/h2-8,14H,1H3,(H,16,17). The van der Waals surface area contributed by atoms with Gasteiger partial charge in [-0.1, -0.05) is 0 Å². The number of benzene rings is 1. The Morgan fingerprint density at radius 2 is 2.20 bits per heavy atom. The second-order valence-corrected chi connectivity index (χ2v) is 4.18. The molecule has 1 unspecified atom stereocenters. The molecule has 0 aliphatic heterocycles. The van der Waals surface area contributed by atoms with E-state index in [-0.39, 0.29) is 23.0 Å². The Bertz CT molecular complexity index is 636. The number of nitrogens with one attached hydrogen (secondary N) is 1. The van der Waals surface area contributed by atoms with Crippen LogP contribution >= 0.6 is 0 Å². The predicted molar refractivity (Wildman–Crippen MR) is 70.8 cm³/mol. The number of rotatable bonds is 5. The summed E-state index contributed by atoms with van der Waals surface area (Å²) in [5.41, 5.74) is -0.0723. The van der Waals surface area contributed by atoms with Crippen molar-refractivity contribution in [3.63, 3.8) is 0 Å². The highest BCUT2D eigenvalue weighted by Crippen LogP contribution is 2.29. The topological polar surface area (TPSA) is 106 Å². The van der Waals surface area contributed by atoms with Crippen molar-refractivity contribution in [3.05, 3.63) is 58.0 Å². The minimum Gasteiger partial charge on any atom is -0.478 e. The Labute approximate surface area is 114 Å². The van der Waals surface area contributed by atoms with E-state index in [1.807, 2.05) is 0 Å². The molecule has 1 aromatic carbocycles. The molecule has 0 amide bonds. The summed E-state index contributed by atoms with van der Waals surface area (Å²) in [7, 11) is 0. The van der Waals surface area contributed by atoms with E-state index < -0.39 is 10.9 Å². The van der Waals surface area contributed by atoms with Gasteiger partial charge in [-0.05, 0) is 31.2 Å². The molecule has 104 valence electrons. The third kappa shape index (κ3) is 2.77. The maximum absolute atomic E-state index is 11.0. The Balaban J connectivity index is 2.35. The monoisotopic (exact) mass is 276 g/mol. The Kier molecular flexibility index (Phi) is 3.69. The molecule has 0 saturated heterocycles. The van der Waals surface area contributed by atoms with Crippen LogP contribution in [-0.4, -0.2) is 16.0 Å². The molecule has 2 rings (SSSR count). The molecular formula is C13H12N2O5. The van der Waals surface area contributed by atoms with Gasteiger partial charge >= 0.3 is 5.97 Å². The van der Waals surface area contributed by atoms with E-state index >= 15 is 0 Å². The molecule has 0 aliphatic rings. The highest BCUT2D eigenvalue weighted by atomic mass is 16.6. The number of nitro benzene ring substituents is 1. The fourth-order valence-electron chi connectivity index (χ4n) is 1.79. The molecule has 0 bridgehead atoms. The van der Waals surface area contributed by atoms with Crippen molar-refractivity contribution in [1.82, 2.24) is 0 Å². The maximum Gasteiger partial charge on any atom is 0.335 e. The summed E-state index contributed by atoms with van der Waals surface area (Å²) in [5, 5.41) is 22.8. The molecule has 0 saturated carbocycles. The first kappa shape index (κ1) is 13.6. The molecule has 2 aromatic rings. The highest BCUT2D eigenvalue weighted by molar-refractivity contribution is 5.90. The number of nitro groups is 1. The van der Waals surface area contributed by atoms with Gasteiger partial charge in [0.1, 0.15) is 11.4 Å². The maximum atomic E-state index is 11.0. The average molecular weight is 276 g/mol. The molecule has 2 N–H and O–H groups in total. The molecule has 0 radical (unpaired) electrons. The van der Waals surface area contributed by atoms with Gasteiger partial charge in [-0.25, -0.2) is 4.79 Å². The van der Waals surface area contributed by atoms with Gasteiger partial charge in [0.2, 0.25) is 0 Å². The number of carbonyl (C=O) groups is 1. The Morgan fingerprint density at radius 1 is 1.45 bits per heavy atom. The molecule has 1 aromatic heterocycles. The van der Waals surface area contributed by atoms with Crippen LogP contribution in [0.1, 0.15) is 29.1 Å². The smallest absolute Gasteiger partial charge is 0.335 e. The van der Waals surface area contributed by atoms with Crippen molar-refractivity contribution in [3.8, 4) is 0 Å². The number of aromatic carboxylic acids is 1. The van der Waals surface area contributed by atoms with Gasteiger partial charge in [0, 0.05) is 6.07 Å². The van der Waals surface area contributed by atoms with Gasteiger partial charge < -0.3 is 14.8 Å². The zero-order valence-corrected chi connectivity index (χ0v) is 10.6. The lowest BCUT2D eigenvalue weighted by Crippen LogP contribution is -2.09. The largest absolute Gasteiger partial charge is 0.478 e. The molecule has 0 fully saturated rings. The minimum absolute atomic E-state index is 0.0234. The van der Waals surface area contributed by atoms with Crippen LogP contribution < -0.4 is 5.32 Å². The second kappa shape index (κ2) is 5.43. The predicted octanol–water partition coefficient (Wildman–Crippen LogP) is 3.06. The summed E-state index contributed by atoms with van der Waals surface area (Å²) in [6.07, 6.45) is 1.50. The summed E-state index contributed by atoms with van der Waals surface area (Å²) < 4.78 is 5.20. The lowest BCUT2D eigenvalue weighted by atomic mass is 10.1. The SMILES string of the molecule is CC(Nc1cc(C(=O)O)ccc1[N+](=O)[O-])c1ccco1. The van der Waals surface area contributed by atoms with E-state index in [2.05, 4.69) is 5.32 Å². The highest BCUT2D eigenvalue weighted by Gasteiger charge is 2.19. The lowest BCUT2D eigenvalue weighted by molar-refractivity contribution is -0.384. The summed E-state index contributed by atoms with van der Waals surface area (Å²) >= 11 is 0. The quantitative estimate of drug-likeness (QED) is 0.642. The molecule has 0 aliphatic carbocycles. The summed E-state index contributed by atoms with van der Waals surface area (Å²) in [6, 6.07) is 6.71. The lowest BCUT2D eigenvalue weighted by Gasteiger charge is -2.13. The van der Waals surface area contributed by atoms with Crippen LogP contribution in [0.4, 0.5) is 11.4 Å². The third-order valence-electron chi connectivity index (χ3n) is 2.78. The second-order valence-electron chi connectivity index (χ2n) is 4.18. The van der Waals surface area contributed by atoms with Crippen molar-refractivity contribution in [2.24, 2.45) is 0 Å². The van der Waals surface area contributed by atoms with Crippen molar-refractivity contribution in [2.45, 2.75) is 13.0 Å². The summed E-state index contributed by atoms with van der Waals surface area (Å²) in [4.78, 5) is 21.3. The van der Waals surface area contributed by atoms with Gasteiger partial charge in [0.05, 0.1) is 22.8 Å². The van der Waals surface area contributed by atoms with Crippen molar-refractivity contribution in [1.29, 1.82) is 0 Å². The first-order valence-corrected chi connectivity index (χ1v) is 5.80. The van der Waals surface area contributed by atoms with Gasteiger partial charge in [-0.2, -0.15) is 0 Å². The van der Waals surface area contributed by atoms with Crippen LogP contribution in [0.25, 0.3) is 0 Å². The van der Waals surface area contributed by atoms with Crippen molar-refractivity contribution in [2.75, 3.05) is 5.32 Å². The molecule has 20 heavy (non-hydrogen) atoms. The number of anilines is 1. The molecular weight excluding hydrogens is 264 g/mol. The third-order valence-corrected chi connectivity index (χ3v) is 2.78. The summed E-state index contributed by atoms with van der Waals surface area (Å²) in [5.74, 6) is -0.548. The van der Waals surface area contributed by atoms with E-state index in [9.17, 15) is 14.9 Å². The molecule has 1 heterocycles. The van der Waals surface area contributed by atoms with E-state index in [0.29, 0.717) is 5.76 Å². The normalized spacial score (nSPS) is 11.8. The van der Waals surface area contributed by atoms with Crippen molar-refractivity contribution >= 4 is 17.3 Å². The van der Waals surface area contributed by atoms with Crippen LogP contribution in [0.2, 0.25) is 0 Å². The van der Waals surface area contributed by atoms with Gasteiger partial charge in [0.15, 0.2) is 0 Å². The number of carboxylic acid groups (broad SMARTS) is 1. The molecule has 0 spiro atoms. The van der Waals surface area contributed by atoms with Crippen LogP contribution in [0.15, 0.2) is 41.0 Å². The first-order valence-electron chi connectivity index (χ1n) is 5.80.